The molecule has 4 nitrogen and oxygen atoms in total. The number of hydrogen-bond donors (Lipinski definition) is 0. The van der Waals surface area contributed by atoms with Gasteiger partial charge < -0.3 is 9.47 Å². The second-order valence-electron chi connectivity index (χ2n) is 5.67. The molecule has 2 unspecified atom stereocenters. The van der Waals surface area contributed by atoms with Crippen LogP contribution in [0.3, 0.4) is 0 Å². The molecule has 5 heteroatoms. The Kier molecular flexibility index (Phi) is 3.63. The van der Waals surface area contributed by atoms with Crippen molar-refractivity contribution >= 4 is 23.7 Å². The first-order chi connectivity index (χ1) is 8.39. The van der Waals surface area contributed by atoms with Gasteiger partial charge in [0.1, 0.15) is 0 Å². The van der Waals surface area contributed by atoms with E-state index >= 15 is 0 Å². The molecule has 0 aromatic rings. The third kappa shape index (κ3) is 2.37. The minimum absolute atomic E-state index is 0.212. The van der Waals surface area contributed by atoms with Crippen LogP contribution in [0.25, 0.3) is 0 Å². The second-order valence-corrected chi connectivity index (χ2v) is 6.82. The van der Waals surface area contributed by atoms with Gasteiger partial charge in [-0.2, -0.15) is 11.8 Å². The van der Waals surface area contributed by atoms with Crippen LogP contribution >= 0.6 is 11.8 Å². The zero-order chi connectivity index (χ0) is 13.4. The summed E-state index contributed by atoms with van der Waals surface area (Å²) in [6, 6.07) is 0. The molecule has 0 bridgehead atoms. The van der Waals surface area contributed by atoms with E-state index < -0.39 is 11.0 Å². The fraction of sp³-hybridized carbons (Fsp3) is 0.846. The lowest BCUT2D eigenvalue weighted by molar-refractivity contribution is -0.176. The first-order valence-electron chi connectivity index (χ1n) is 6.40. The van der Waals surface area contributed by atoms with E-state index in [-0.39, 0.29) is 24.5 Å². The van der Waals surface area contributed by atoms with Crippen molar-refractivity contribution in [2.75, 3.05) is 11.5 Å². The molecule has 2 saturated heterocycles. The van der Waals surface area contributed by atoms with Crippen molar-refractivity contribution in [1.82, 2.24) is 0 Å². The van der Waals surface area contributed by atoms with Crippen LogP contribution in [-0.2, 0) is 19.1 Å². The Bertz CT molecular complexity index is 366. The first kappa shape index (κ1) is 13.7. The number of carbonyl (C=O) groups is 2. The summed E-state index contributed by atoms with van der Waals surface area (Å²) in [5.41, 5.74) is -1.21. The lowest BCUT2D eigenvalue weighted by atomic mass is 9.88. The van der Waals surface area contributed by atoms with Gasteiger partial charge in [0.05, 0.1) is 11.8 Å². The van der Waals surface area contributed by atoms with Gasteiger partial charge in [-0.1, -0.05) is 6.92 Å². The van der Waals surface area contributed by atoms with Crippen molar-refractivity contribution in [3.63, 3.8) is 0 Å². The summed E-state index contributed by atoms with van der Waals surface area (Å²) in [5.74, 6) is 1.17. The van der Waals surface area contributed by atoms with Crippen molar-refractivity contribution in [3.05, 3.63) is 0 Å². The molecule has 102 valence electrons. The molecular weight excluding hydrogens is 252 g/mol. The van der Waals surface area contributed by atoms with Crippen molar-refractivity contribution < 1.29 is 19.1 Å². The van der Waals surface area contributed by atoms with Crippen LogP contribution in [-0.4, -0.2) is 35.1 Å². The summed E-state index contributed by atoms with van der Waals surface area (Å²) in [6.45, 7) is 5.70. The van der Waals surface area contributed by atoms with Gasteiger partial charge in [-0.25, -0.2) is 0 Å². The molecule has 0 aromatic heterocycles. The van der Waals surface area contributed by atoms with Crippen molar-refractivity contribution in [1.29, 1.82) is 0 Å². The van der Waals surface area contributed by atoms with E-state index in [2.05, 4.69) is 0 Å². The lowest BCUT2D eigenvalue weighted by Crippen LogP contribution is -2.49. The third-order valence-corrected chi connectivity index (χ3v) is 5.01. The van der Waals surface area contributed by atoms with E-state index in [1.165, 1.54) is 0 Å². The molecule has 0 aromatic carbocycles. The van der Waals surface area contributed by atoms with Crippen LogP contribution in [0.2, 0.25) is 0 Å². The molecule has 0 N–H and O–H groups in total. The predicted octanol–water partition coefficient (Wildman–Crippen LogP) is 2.16. The molecule has 0 saturated carbocycles. The van der Waals surface area contributed by atoms with Crippen molar-refractivity contribution in [2.24, 2.45) is 5.41 Å². The van der Waals surface area contributed by atoms with Crippen molar-refractivity contribution in [3.8, 4) is 0 Å². The second kappa shape index (κ2) is 4.76. The summed E-state index contributed by atoms with van der Waals surface area (Å²) in [7, 11) is 0. The molecular formula is C13H20O4S. The minimum Gasteiger partial charge on any atom is -0.457 e. The van der Waals surface area contributed by atoms with E-state index in [1.807, 2.05) is 20.8 Å². The molecule has 0 aliphatic carbocycles. The Labute approximate surface area is 112 Å². The summed E-state index contributed by atoms with van der Waals surface area (Å²) < 4.78 is 11.0. The molecule has 2 heterocycles. The van der Waals surface area contributed by atoms with E-state index in [0.29, 0.717) is 6.42 Å². The topological polar surface area (TPSA) is 52.6 Å². The highest BCUT2D eigenvalue weighted by atomic mass is 32.2. The molecule has 0 spiro atoms. The monoisotopic (exact) mass is 272 g/mol. The average molecular weight is 272 g/mol. The summed E-state index contributed by atoms with van der Waals surface area (Å²) in [4.78, 5) is 23.7. The average Bonchev–Trinajstić information content (AvgIpc) is 2.64. The normalized spacial score (nSPS) is 31.7. The molecule has 0 amide bonds. The zero-order valence-electron chi connectivity index (χ0n) is 11.2. The molecule has 2 atom stereocenters. The van der Waals surface area contributed by atoms with Gasteiger partial charge in [0.25, 0.3) is 0 Å². The lowest BCUT2D eigenvalue weighted by Gasteiger charge is -2.37. The third-order valence-electron chi connectivity index (χ3n) is 3.98. The Hall–Kier alpha value is -0.710. The van der Waals surface area contributed by atoms with Gasteiger partial charge in [-0.15, -0.1) is 0 Å². The maximum atomic E-state index is 12.2. The van der Waals surface area contributed by atoms with E-state index in [1.54, 1.807) is 11.8 Å². The fourth-order valence-electron chi connectivity index (χ4n) is 2.16. The van der Waals surface area contributed by atoms with Crippen LogP contribution < -0.4 is 0 Å². The summed E-state index contributed by atoms with van der Waals surface area (Å²) >= 11 is 1.74. The number of thioether (sulfide) groups is 1. The molecule has 18 heavy (non-hydrogen) atoms. The van der Waals surface area contributed by atoms with Crippen LogP contribution in [0.1, 0.15) is 40.0 Å². The highest BCUT2D eigenvalue weighted by molar-refractivity contribution is 7.99. The van der Waals surface area contributed by atoms with Crippen LogP contribution in [0.15, 0.2) is 0 Å². The Morgan fingerprint density at radius 2 is 2.33 bits per heavy atom. The molecule has 2 aliphatic heterocycles. The Morgan fingerprint density at radius 1 is 1.61 bits per heavy atom. The predicted molar refractivity (Wildman–Crippen MR) is 69.3 cm³/mol. The standard InChI is InChI=1S/C13H20O4S/c1-4-12(2,3)11(15)17-13-5-6-18-8-9(13)16-10(14)7-13/h9H,4-8H2,1-3H3. The Balaban J connectivity index is 2.15. The van der Waals surface area contributed by atoms with Crippen LogP contribution in [0, 0.1) is 5.41 Å². The Morgan fingerprint density at radius 3 is 3.00 bits per heavy atom. The molecule has 2 rings (SSSR count). The highest BCUT2D eigenvalue weighted by Gasteiger charge is 2.54. The van der Waals surface area contributed by atoms with Gasteiger partial charge in [0.2, 0.25) is 0 Å². The van der Waals surface area contributed by atoms with Gasteiger partial charge in [-0.05, 0) is 26.0 Å². The number of esters is 2. The first-order valence-corrected chi connectivity index (χ1v) is 7.56. The smallest absolute Gasteiger partial charge is 0.312 e. The summed E-state index contributed by atoms with van der Waals surface area (Å²) in [6.07, 6.45) is 1.37. The maximum absolute atomic E-state index is 12.2. The molecule has 2 aliphatic rings. The maximum Gasteiger partial charge on any atom is 0.312 e. The van der Waals surface area contributed by atoms with Crippen LogP contribution in [0.5, 0.6) is 0 Å². The highest BCUT2D eigenvalue weighted by Crippen LogP contribution is 2.42. The van der Waals surface area contributed by atoms with E-state index in [9.17, 15) is 9.59 Å². The van der Waals surface area contributed by atoms with E-state index in [4.69, 9.17) is 9.47 Å². The number of fused-ring (bicyclic) bond motifs is 1. The molecule has 2 fully saturated rings. The quantitative estimate of drug-likeness (QED) is 0.737. The fourth-order valence-corrected chi connectivity index (χ4v) is 3.40. The number of ether oxygens (including phenoxy) is 2. The number of hydrogen-bond acceptors (Lipinski definition) is 5. The molecule has 0 radical (unpaired) electrons. The largest absolute Gasteiger partial charge is 0.457 e. The van der Waals surface area contributed by atoms with Gasteiger partial charge >= 0.3 is 11.9 Å². The van der Waals surface area contributed by atoms with Gasteiger partial charge in [-0.3, -0.25) is 9.59 Å². The zero-order valence-corrected chi connectivity index (χ0v) is 12.0. The number of rotatable bonds is 3. The van der Waals surface area contributed by atoms with E-state index in [0.717, 1.165) is 17.9 Å². The SMILES string of the molecule is CCC(C)(C)C(=O)OC12CCSCC1OC(=O)C2. The van der Waals surface area contributed by atoms with Crippen LogP contribution in [0.4, 0.5) is 0 Å². The van der Waals surface area contributed by atoms with Gasteiger partial charge in [0, 0.05) is 12.2 Å². The van der Waals surface area contributed by atoms with Gasteiger partial charge in [0.15, 0.2) is 11.7 Å². The number of carbonyl (C=O) groups excluding carboxylic acids is 2. The van der Waals surface area contributed by atoms with Crippen molar-refractivity contribution in [2.45, 2.75) is 51.7 Å². The minimum atomic E-state index is -0.703. The summed E-state index contributed by atoms with van der Waals surface area (Å²) in [5, 5.41) is 0.